The minimum Gasteiger partial charge on any atom is -0.310 e. The first-order valence-corrected chi connectivity index (χ1v) is 7.10. The first-order chi connectivity index (χ1) is 8.65. The lowest BCUT2D eigenvalue weighted by molar-refractivity contribution is 0.399. The van der Waals surface area contributed by atoms with E-state index in [9.17, 15) is 0 Å². The number of hydrogen-bond donors (Lipinski definition) is 1. The average molecular weight is 246 g/mol. The minimum atomic E-state index is 0.729. The Morgan fingerprint density at radius 2 is 1.89 bits per heavy atom. The van der Waals surface area contributed by atoms with Gasteiger partial charge in [-0.05, 0) is 50.4 Å². The molecule has 1 aliphatic rings. The molecular formula is C16H26N2. The predicted octanol–water partition coefficient (Wildman–Crippen LogP) is 3.03. The van der Waals surface area contributed by atoms with Crippen molar-refractivity contribution < 1.29 is 0 Å². The molecule has 1 N–H and O–H groups in total. The van der Waals surface area contributed by atoms with Crippen molar-refractivity contribution in [2.75, 3.05) is 14.1 Å². The molecule has 0 spiro atoms. The topological polar surface area (TPSA) is 15.3 Å². The van der Waals surface area contributed by atoms with E-state index in [2.05, 4.69) is 55.5 Å². The zero-order chi connectivity index (χ0) is 13.0. The molecule has 0 aromatic heterocycles. The summed E-state index contributed by atoms with van der Waals surface area (Å²) in [6.07, 6.45) is 4.07. The van der Waals surface area contributed by atoms with Crippen LogP contribution in [-0.4, -0.2) is 25.0 Å². The zero-order valence-corrected chi connectivity index (χ0v) is 11.9. The smallest absolute Gasteiger partial charge is 0.0230 e. The zero-order valence-electron chi connectivity index (χ0n) is 11.9. The molecule has 1 aromatic rings. The molecule has 1 aliphatic carbocycles. The normalized spacial score (nSPS) is 23.8. The molecule has 1 fully saturated rings. The van der Waals surface area contributed by atoms with Crippen molar-refractivity contribution in [1.82, 2.24) is 10.2 Å². The summed E-state index contributed by atoms with van der Waals surface area (Å²) in [4.78, 5) is 2.23. The van der Waals surface area contributed by atoms with Crippen LogP contribution >= 0.6 is 0 Å². The Labute approximate surface area is 111 Å². The van der Waals surface area contributed by atoms with Gasteiger partial charge in [-0.2, -0.15) is 0 Å². The Morgan fingerprint density at radius 1 is 1.17 bits per heavy atom. The Balaban J connectivity index is 1.92. The van der Waals surface area contributed by atoms with E-state index in [4.69, 9.17) is 0 Å². The van der Waals surface area contributed by atoms with Crippen LogP contribution in [0.4, 0.5) is 0 Å². The molecule has 0 amide bonds. The van der Waals surface area contributed by atoms with Crippen molar-refractivity contribution in [3.8, 4) is 0 Å². The van der Waals surface area contributed by atoms with Crippen LogP contribution in [0.3, 0.4) is 0 Å². The molecule has 2 heteroatoms. The van der Waals surface area contributed by atoms with E-state index in [1.54, 1.807) is 0 Å². The standard InChI is InChI=1S/C16H26N2/c1-13-8-9-16(10-13)17-11-14-6-4-5-7-15(14)12-18(2)3/h4-7,13,16-17H,8-12H2,1-3H3. The summed E-state index contributed by atoms with van der Waals surface area (Å²) in [5.74, 6) is 0.902. The number of rotatable bonds is 5. The molecule has 0 aliphatic heterocycles. The molecule has 0 bridgehead atoms. The van der Waals surface area contributed by atoms with Gasteiger partial charge in [0.15, 0.2) is 0 Å². The van der Waals surface area contributed by atoms with Crippen molar-refractivity contribution >= 4 is 0 Å². The van der Waals surface area contributed by atoms with Gasteiger partial charge in [-0.15, -0.1) is 0 Å². The molecule has 1 aromatic carbocycles. The summed E-state index contributed by atoms with van der Waals surface area (Å²) in [5.41, 5.74) is 2.90. The van der Waals surface area contributed by atoms with Crippen molar-refractivity contribution in [2.45, 2.75) is 45.3 Å². The second-order valence-electron chi connectivity index (χ2n) is 6.00. The van der Waals surface area contributed by atoms with Crippen LogP contribution in [0.5, 0.6) is 0 Å². The fourth-order valence-corrected chi connectivity index (χ4v) is 2.87. The maximum absolute atomic E-state index is 3.72. The summed E-state index contributed by atoms with van der Waals surface area (Å²) >= 11 is 0. The van der Waals surface area contributed by atoms with Gasteiger partial charge in [0.1, 0.15) is 0 Å². The molecular weight excluding hydrogens is 220 g/mol. The Hall–Kier alpha value is -0.860. The summed E-state index contributed by atoms with van der Waals surface area (Å²) < 4.78 is 0. The summed E-state index contributed by atoms with van der Waals surface area (Å²) in [6.45, 7) is 4.40. The molecule has 2 atom stereocenters. The van der Waals surface area contributed by atoms with Gasteiger partial charge in [-0.25, -0.2) is 0 Å². The predicted molar refractivity (Wildman–Crippen MR) is 77.5 cm³/mol. The van der Waals surface area contributed by atoms with Gasteiger partial charge in [-0.1, -0.05) is 31.2 Å². The third-order valence-electron chi connectivity index (χ3n) is 3.88. The van der Waals surface area contributed by atoms with Gasteiger partial charge in [0.05, 0.1) is 0 Å². The third kappa shape index (κ3) is 3.82. The highest BCUT2D eigenvalue weighted by Crippen LogP contribution is 2.25. The Kier molecular flexibility index (Phi) is 4.79. The van der Waals surface area contributed by atoms with Gasteiger partial charge in [0, 0.05) is 19.1 Å². The SMILES string of the molecule is CC1CCC(NCc2ccccc2CN(C)C)C1. The van der Waals surface area contributed by atoms with Crippen LogP contribution in [-0.2, 0) is 13.1 Å². The molecule has 0 radical (unpaired) electrons. The fourth-order valence-electron chi connectivity index (χ4n) is 2.87. The summed E-state index contributed by atoms with van der Waals surface area (Å²) in [5, 5.41) is 3.72. The van der Waals surface area contributed by atoms with Crippen molar-refractivity contribution in [3.05, 3.63) is 35.4 Å². The number of nitrogens with one attached hydrogen (secondary N) is 1. The lowest BCUT2D eigenvalue weighted by Crippen LogP contribution is -2.26. The quantitative estimate of drug-likeness (QED) is 0.859. The highest BCUT2D eigenvalue weighted by molar-refractivity contribution is 5.27. The fraction of sp³-hybridized carbons (Fsp3) is 0.625. The van der Waals surface area contributed by atoms with E-state index in [1.165, 1.54) is 30.4 Å². The van der Waals surface area contributed by atoms with Gasteiger partial charge in [0.25, 0.3) is 0 Å². The maximum atomic E-state index is 3.72. The average Bonchev–Trinajstić information content (AvgIpc) is 2.73. The molecule has 0 saturated heterocycles. The van der Waals surface area contributed by atoms with Crippen molar-refractivity contribution in [3.63, 3.8) is 0 Å². The van der Waals surface area contributed by atoms with E-state index in [1.807, 2.05) is 0 Å². The molecule has 18 heavy (non-hydrogen) atoms. The summed E-state index contributed by atoms with van der Waals surface area (Å²) in [6, 6.07) is 9.51. The molecule has 1 saturated carbocycles. The minimum absolute atomic E-state index is 0.729. The third-order valence-corrected chi connectivity index (χ3v) is 3.88. The first kappa shape index (κ1) is 13.6. The second-order valence-corrected chi connectivity index (χ2v) is 6.00. The highest BCUT2D eigenvalue weighted by atomic mass is 15.0. The molecule has 2 rings (SSSR count). The van der Waals surface area contributed by atoms with Gasteiger partial charge >= 0.3 is 0 Å². The lowest BCUT2D eigenvalue weighted by atomic mass is 10.1. The highest BCUT2D eigenvalue weighted by Gasteiger charge is 2.20. The van der Waals surface area contributed by atoms with Crippen LogP contribution in [0.1, 0.15) is 37.3 Å². The Morgan fingerprint density at radius 3 is 2.50 bits per heavy atom. The Bertz CT molecular complexity index is 373. The van der Waals surface area contributed by atoms with Gasteiger partial charge < -0.3 is 10.2 Å². The van der Waals surface area contributed by atoms with Crippen LogP contribution in [0, 0.1) is 5.92 Å². The molecule has 2 unspecified atom stereocenters. The second kappa shape index (κ2) is 6.35. The van der Waals surface area contributed by atoms with E-state index in [0.29, 0.717) is 0 Å². The van der Waals surface area contributed by atoms with Gasteiger partial charge in [-0.3, -0.25) is 0 Å². The molecule has 2 nitrogen and oxygen atoms in total. The van der Waals surface area contributed by atoms with E-state index >= 15 is 0 Å². The summed E-state index contributed by atoms with van der Waals surface area (Å²) in [7, 11) is 4.26. The molecule has 100 valence electrons. The number of nitrogens with zero attached hydrogens (tertiary/aromatic N) is 1. The van der Waals surface area contributed by atoms with Crippen molar-refractivity contribution in [2.24, 2.45) is 5.92 Å². The van der Waals surface area contributed by atoms with Crippen LogP contribution in [0.15, 0.2) is 24.3 Å². The molecule has 0 heterocycles. The maximum Gasteiger partial charge on any atom is 0.0230 e. The largest absolute Gasteiger partial charge is 0.310 e. The first-order valence-electron chi connectivity index (χ1n) is 7.10. The van der Waals surface area contributed by atoms with E-state index in [-0.39, 0.29) is 0 Å². The van der Waals surface area contributed by atoms with Crippen LogP contribution < -0.4 is 5.32 Å². The van der Waals surface area contributed by atoms with Crippen LogP contribution in [0.25, 0.3) is 0 Å². The number of benzene rings is 1. The van der Waals surface area contributed by atoms with Crippen molar-refractivity contribution in [1.29, 1.82) is 0 Å². The van der Waals surface area contributed by atoms with Crippen LogP contribution in [0.2, 0.25) is 0 Å². The van der Waals surface area contributed by atoms with E-state index < -0.39 is 0 Å². The monoisotopic (exact) mass is 246 g/mol. The number of hydrogen-bond acceptors (Lipinski definition) is 2. The van der Waals surface area contributed by atoms with Gasteiger partial charge in [0.2, 0.25) is 0 Å². The lowest BCUT2D eigenvalue weighted by Gasteiger charge is -2.17. The van der Waals surface area contributed by atoms with E-state index in [0.717, 1.165) is 25.0 Å².